The number of nitrogens with one attached hydrogen (secondary N) is 3. The molecule has 2 aromatic carbocycles. The third-order valence-electron chi connectivity index (χ3n) is 5.24. The minimum absolute atomic E-state index is 0.126. The predicted molar refractivity (Wildman–Crippen MR) is 132 cm³/mol. The number of nitrogens with zero attached hydrogens (tertiary/aromatic N) is 1. The number of para-hydroxylation sites is 1. The van der Waals surface area contributed by atoms with Gasteiger partial charge in [-0.2, -0.15) is 5.10 Å². The normalized spacial score (nSPS) is 16.1. The summed E-state index contributed by atoms with van der Waals surface area (Å²) in [6.45, 7) is 3.67. The number of hydrogen-bond donors (Lipinski definition) is 4. The molecule has 0 aliphatic carbocycles. The molecule has 2 aromatic rings. The van der Waals surface area contributed by atoms with Gasteiger partial charge in [-0.3, -0.25) is 5.43 Å². The van der Waals surface area contributed by atoms with Gasteiger partial charge in [0.15, 0.2) is 17.7 Å². The van der Waals surface area contributed by atoms with E-state index in [9.17, 15) is 14.7 Å². The fourth-order valence-electron chi connectivity index (χ4n) is 3.59. The zero-order valence-electron chi connectivity index (χ0n) is 20.5. The average molecular weight is 499 g/mol. The number of methoxy groups -OCH3 is 2. The third-order valence-corrected chi connectivity index (χ3v) is 5.24. The number of carbonyl (C=O) groups excluding carboxylic acids is 2. The first-order valence-electron chi connectivity index (χ1n) is 11.2. The van der Waals surface area contributed by atoms with E-state index in [1.54, 1.807) is 38.3 Å². The molecule has 192 valence electrons. The standard InChI is InChI=1S/C25H30N4O7/c1-5-35-20-12-16(23-22(24(31)34-4)15(2)27-25(32)28-23)10-11-19(20)36-14-21(30)29-26-13-17-8-6-7-9-18(17)33-3/h6-13,21,23,29-30H,5,14H2,1-4H3,(H2,27,28,32)/b26-13-/t21-,23-/m0/s1. The van der Waals surface area contributed by atoms with Crippen LogP contribution in [0.25, 0.3) is 0 Å². The maximum Gasteiger partial charge on any atom is 0.337 e. The zero-order valence-corrected chi connectivity index (χ0v) is 20.5. The first-order valence-corrected chi connectivity index (χ1v) is 11.2. The molecule has 0 saturated carbocycles. The summed E-state index contributed by atoms with van der Waals surface area (Å²) in [6, 6.07) is 11.2. The zero-order chi connectivity index (χ0) is 26.1. The molecule has 3 rings (SSSR count). The summed E-state index contributed by atoms with van der Waals surface area (Å²) in [7, 11) is 2.84. The van der Waals surface area contributed by atoms with Crippen LogP contribution in [0.15, 0.2) is 58.8 Å². The highest BCUT2D eigenvalue weighted by atomic mass is 16.5. The molecule has 1 aliphatic heterocycles. The average Bonchev–Trinajstić information content (AvgIpc) is 2.87. The Morgan fingerprint density at radius 3 is 2.67 bits per heavy atom. The van der Waals surface area contributed by atoms with Gasteiger partial charge in [-0.15, -0.1) is 0 Å². The number of esters is 1. The lowest BCUT2D eigenvalue weighted by molar-refractivity contribution is -0.136. The van der Waals surface area contributed by atoms with Crippen molar-refractivity contribution in [1.82, 2.24) is 16.1 Å². The molecule has 1 heterocycles. The number of carbonyl (C=O) groups is 2. The van der Waals surface area contributed by atoms with E-state index in [-0.39, 0.29) is 12.2 Å². The van der Waals surface area contributed by atoms with Crippen LogP contribution in [0.4, 0.5) is 4.79 Å². The van der Waals surface area contributed by atoms with Crippen LogP contribution in [0.3, 0.4) is 0 Å². The van der Waals surface area contributed by atoms with Crippen molar-refractivity contribution in [3.8, 4) is 17.2 Å². The van der Waals surface area contributed by atoms with Crippen molar-refractivity contribution < 1.29 is 33.6 Å². The number of hydrazone groups is 1. The van der Waals surface area contributed by atoms with Crippen LogP contribution in [0.2, 0.25) is 0 Å². The number of hydrogen-bond acceptors (Lipinski definition) is 9. The van der Waals surface area contributed by atoms with E-state index in [0.717, 1.165) is 5.56 Å². The van der Waals surface area contributed by atoms with Gasteiger partial charge in [0.05, 0.1) is 38.7 Å². The van der Waals surface area contributed by atoms with E-state index >= 15 is 0 Å². The minimum atomic E-state index is -1.11. The summed E-state index contributed by atoms with van der Waals surface area (Å²) in [6.07, 6.45) is 0.426. The van der Waals surface area contributed by atoms with Gasteiger partial charge >= 0.3 is 12.0 Å². The van der Waals surface area contributed by atoms with E-state index in [2.05, 4.69) is 21.2 Å². The third kappa shape index (κ3) is 6.45. The van der Waals surface area contributed by atoms with Crippen molar-refractivity contribution in [3.05, 3.63) is 64.9 Å². The van der Waals surface area contributed by atoms with Crippen LogP contribution in [-0.4, -0.2) is 57.0 Å². The van der Waals surface area contributed by atoms with Gasteiger partial charge < -0.3 is 34.7 Å². The molecule has 0 unspecified atom stereocenters. The van der Waals surface area contributed by atoms with Crippen LogP contribution >= 0.6 is 0 Å². The quantitative estimate of drug-likeness (QED) is 0.160. The summed E-state index contributed by atoms with van der Waals surface area (Å²) >= 11 is 0. The van der Waals surface area contributed by atoms with Crippen molar-refractivity contribution in [2.75, 3.05) is 27.4 Å². The van der Waals surface area contributed by atoms with Crippen molar-refractivity contribution in [1.29, 1.82) is 0 Å². The molecule has 0 saturated heterocycles. The fraction of sp³-hybridized carbons (Fsp3) is 0.320. The lowest BCUT2D eigenvalue weighted by Crippen LogP contribution is -2.45. The highest BCUT2D eigenvalue weighted by molar-refractivity contribution is 5.95. The van der Waals surface area contributed by atoms with Gasteiger partial charge in [0.1, 0.15) is 12.4 Å². The van der Waals surface area contributed by atoms with E-state index in [4.69, 9.17) is 18.9 Å². The Bertz CT molecular complexity index is 1150. The lowest BCUT2D eigenvalue weighted by Gasteiger charge is -2.28. The Morgan fingerprint density at radius 2 is 1.94 bits per heavy atom. The Labute approximate surface area is 209 Å². The summed E-state index contributed by atoms with van der Waals surface area (Å²) in [5.41, 5.74) is 4.62. The Morgan fingerprint density at radius 1 is 1.17 bits per heavy atom. The van der Waals surface area contributed by atoms with Crippen molar-refractivity contribution in [3.63, 3.8) is 0 Å². The van der Waals surface area contributed by atoms with Crippen molar-refractivity contribution in [2.24, 2.45) is 5.10 Å². The predicted octanol–water partition coefficient (Wildman–Crippen LogP) is 2.22. The molecule has 2 atom stereocenters. The van der Waals surface area contributed by atoms with Crippen molar-refractivity contribution in [2.45, 2.75) is 26.1 Å². The summed E-state index contributed by atoms with van der Waals surface area (Å²) in [5.74, 6) is 0.844. The van der Waals surface area contributed by atoms with Gasteiger partial charge in [-0.05, 0) is 43.7 Å². The molecule has 1 aliphatic rings. The summed E-state index contributed by atoms with van der Waals surface area (Å²) in [4.78, 5) is 24.4. The first kappa shape index (κ1) is 26.4. The second kappa shape index (κ2) is 12.5. The molecule has 0 spiro atoms. The summed E-state index contributed by atoms with van der Waals surface area (Å²) in [5, 5.41) is 19.6. The van der Waals surface area contributed by atoms with Crippen LogP contribution in [0.1, 0.15) is 31.0 Å². The number of urea groups is 1. The maximum atomic E-state index is 12.4. The molecule has 36 heavy (non-hydrogen) atoms. The summed E-state index contributed by atoms with van der Waals surface area (Å²) < 4.78 is 21.6. The smallest absolute Gasteiger partial charge is 0.337 e. The van der Waals surface area contributed by atoms with Gasteiger partial charge in [0, 0.05) is 11.3 Å². The SMILES string of the molecule is CCOc1cc([C@@H]2NC(=O)NC(C)=C2C(=O)OC)ccc1OC[C@H](O)N/N=C\c1ccccc1OC. The molecular weight excluding hydrogens is 468 g/mol. The number of aliphatic hydroxyl groups excluding tert-OH is 1. The van der Waals surface area contributed by atoms with Gasteiger partial charge in [0.2, 0.25) is 0 Å². The molecule has 4 N–H and O–H groups in total. The molecule has 0 fully saturated rings. The molecule has 11 nitrogen and oxygen atoms in total. The number of aliphatic hydroxyl groups is 1. The van der Waals surface area contributed by atoms with E-state index in [1.165, 1.54) is 13.3 Å². The largest absolute Gasteiger partial charge is 0.496 e. The number of benzene rings is 2. The molecule has 2 amide bonds. The number of rotatable bonds is 11. The molecular formula is C25H30N4O7. The minimum Gasteiger partial charge on any atom is -0.496 e. The molecule has 0 bridgehead atoms. The Kier molecular flexibility index (Phi) is 9.12. The Balaban J connectivity index is 1.71. The van der Waals surface area contributed by atoms with Gasteiger partial charge in [-0.25, -0.2) is 9.59 Å². The maximum absolute atomic E-state index is 12.4. The van der Waals surface area contributed by atoms with E-state index in [0.29, 0.717) is 35.1 Å². The van der Waals surface area contributed by atoms with E-state index in [1.807, 2.05) is 25.1 Å². The molecule has 0 radical (unpaired) electrons. The van der Waals surface area contributed by atoms with Gasteiger partial charge in [-0.1, -0.05) is 18.2 Å². The number of allylic oxidation sites excluding steroid dienone is 1. The molecule has 11 heteroatoms. The second-order valence-electron chi connectivity index (χ2n) is 7.66. The lowest BCUT2D eigenvalue weighted by atomic mass is 9.95. The first-order chi connectivity index (χ1) is 17.4. The van der Waals surface area contributed by atoms with Crippen LogP contribution < -0.4 is 30.3 Å². The number of ether oxygens (including phenoxy) is 4. The fourth-order valence-corrected chi connectivity index (χ4v) is 3.59. The van der Waals surface area contributed by atoms with Crippen LogP contribution in [0.5, 0.6) is 17.2 Å². The van der Waals surface area contributed by atoms with Crippen LogP contribution in [0, 0.1) is 0 Å². The topological polar surface area (TPSA) is 140 Å². The Hall–Kier alpha value is -4.25. The second-order valence-corrected chi connectivity index (χ2v) is 7.66. The molecule has 0 aromatic heterocycles. The van der Waals surface area contributed by atoms with E-state index < -0.39 is 24.3 Å². The van der Waals surface area contributed by atoms with Crippen molar-refractivity contribution >= 4 is 18.2 Å². The highest BCUT2D eigenvalue weighted by Gasteiger charge is 2.32. The number of amides is 2. The van der Waals surface area contributed by atoms with Gasteiger partial charge in [0.25, 0.3) is 0 Å². The highest BCUT2D eigenvalue weighted by Crippen LogP contribution is 2.34. The van der Waals surface area contributed by atoms with Crippen LogP contribution in [-0.2, 0) is 9.53 Å². The monoisotopic (exact) mass is 498 g/mol.